The summed E-state index contributed by atoms with van der Waals surface area (Å²) in [6, 6.07) is 14.9. The average molecular weight is 795 g/mol. The van der Waals surface area contributed by atoms with Crippen LogP contribution in [0.3, 0.4) is 0 Å². The zero-order valence-electron chi connectivity index (χ0n) is 33.4. The molecule has 1 saturated heterocycles. The van der Waals surface area contributed by atoms with Gasteiger partial charge in [0.25, 0.3) is 0 Å². The van der Waals surface area contributed by atoms with Gasteiger partial charge in [-0.3, -0.25) is 14.4 Å². The van der Waals surface area contributed by atoms with Gasteiger partial charge in [-0.15, -0.1) is 0 Å². The molecule has 5 N–H and O–H groups in total. The fraction of sp³-hybridized carbons (Fsp3) is 0.535. The first-order valence-electron chi connectivity index (χ1n) is 19.8. The number of hydrogen-bond acceptors (Lipinski definition) is 7. The van der Waals surface area contributed by atoms with E-state index in [9.17, 15) is 23.6 Å². The van der Waals surface area contributed by atoms with Crippen LogP contribution in [0.1, 0.15) is 83.5 Å². The lowest BCUT2D eigenvalue weighted by Gasteiger charge is -2.42. The first kappa shape index (κ1) is 44.6. The molecule has 1 aromatic heterocycles. The van der Waals surface area contributed by atoms with Crippen molar-refractivity contribution in [3.05, 3.63) is 83.7 Å². The van der Waals surface area contributed by atoms with Gasteiger partial charge in [0.2, 0.25) is 17.7 Å². The number of benzene rings is 2. The Morgan fingerprint density at radius 2 is 1.79 bits per heavy atom. The van der Waals surface area contributed by atoms with Gasteiger partial charge in [0.15, 0.2) is 0 Å². The number of rotatable bonds is 22. The minimum atomic E-state index is -0.529. The highest BCUT2D eigenvalue weighted by Gasteiger charge is 2.38. The largest absolute Gasteiger partial charge is 0.354 e. The highest BCUT2D eigenvalue weighted by Crippen LogP contribution is 2.42. The van der Waals surface area contributed by atoms with Crippen LogP contribution in [0.15, 0.2) is 60.8 Å². The number of ketones is 1. The molecule has 4 rings (SSSR count). The van der Waals surface area contributed by atoms with Gasteiger partial charge in [-0.05, 0) is 87.0 Å². The predicted octanol–water partition coefficient (Wildman–Crippen LogP) is 6.09. The van der Waals surface area contributed by atoms with Gasteiger partial charge in [-0.1, -0.05) is 57.5 Å². The first-order chi connectivity index (χ1) is 26.8. The molecule has 1 aliphatic rings. The summed E-state index contributed by atoms with van der Waals surface area (Å²) in [5.74, 6) is -1.08. The van der Waals surface area contributed by atoms with Gasteiger partial charge in [-0.2, -0.15) is 11.8 Å². The van der Waals surface area contributed by atoms with Crippen LogP contribution in [-0.4, -0.2) is 83.7 Å². The number of hydrogen-bond donors (Lipinski definition) is 4. The second kappa shape index (κ2) is 22.0. The summed E-state index contributed by atoms with van der Waals surface area (Å²) >= 11 is 1.40. The smallest absolute Gasteiger partial charge is 0.233 e. The molecule has 0 bridgehead atoms. The molecule has 3 atom stereocenters. The molecule has 56 heavy (non-hydrogen) atoms. The Kier molecular flexibility index (Phi) is 17.6. The number of nitrogens with one attached hydrogen (secondary N) is 3. The van der Waals surface area contributed by atoms with E-state index in [1.807, 2.05) is 47.5 Å². The van der Waals surface area contributed by atoms with Crippen LogP contribution >= 0.6 is 11.8 Å². The topological polar surface area (TPSA) is 139 Å². The van der Waals surface area contributed by atoms with Crippen molar-refractivity contribution in [1.82, 2.24) is 25.4 Å². The fourth-order valence-electron chi connectivity index (χ4n) is 7.35. The number of Topliss-reactive ketones (excluding diaryl/α,β-unsaturated/α-hetero) is 1. The molecule has 0 aliphatic carbocycles. The van der Waals surface area contributed by atoms with Crippen LogP contribution in [0.4, 0.5) is 8.78 Å². The fourth-order valence-corrected chi connectivity index (χ4v) is 8.16. The molecule has 10 nitrogen and oxygen atoms in total. The van der Waals surface area contributed by atoms with Crippen LogP contribution in [0, 0.1) is 28.9 Å². The van der Waals surface area contributed by atoms with E-state index in [-0.39, 0.29) is 66.7 Å². The minimum absolute atomic E-state index is 0.0425. The number of halogens is 2. The quantitative estimate of drug-likeness (QED) is 0.0905. The molecule has 1 aliphatic heterocycles. The SMILES string of the molecule is CC(=O)C[C@@H](CCCCN)C(=O)NCCNC(=O)CCSCC(=O)N(CC1CCNC1)[C@@H](c1cc(-c2cc(F)ccc2F)cn1Cc1ccccc1)C(C)(C)C. The normalized spacial score (nSPS) is 15.3. The maximum absolute atomic E-state index is 15.2. The molecule has 0 spiro atoms. The van der Waals surface area contributed by atoms with E-state index < -0.39 is 29.0 Å². The monoisotopic (exact) mass is 794 g/mol. The number of carbonyl (C=O) groups excluding carboxylic acids is 4. The lowest BCUT2D eigenvalue weighted by atomic mass is 9.82. The number of thioether (sulfide) groups is 1. The number of carbonyl (C=O) groups is 4. The zero-order chi connectivity index (χ0) is 40.7. The number of unbranched alkanes of at least 4 members (excludes halogenated alkanes) is 1. The Hall–Kier alpha value is -4.07. The zero-order valence-corrected chi connectivity index (χ0v) is 34.2. The third-order valence-corrected chi connectivity index (χ3v) is 11.0. The van der Waals surface area contributed by atoms with E-state index in [1.54, 1.807) is 0 Å². The van der Waals surface area contributed by atoms with Crippen LogP contribution in [-0.2, 0) is 25.7 Å². The van der Waals surface area contributed by atoms with Crippen LogP contribution in [0.25, 0.3) is 11.1 Å². The maximum atomic E-state index is 15.2. The lowest BCUT2D eigenvalue weighted by molar-refractivity contribution is -0.134. The Balaban J connectivity index is 1.44. The number of aromatic nitrogens is 1. The van der Waals surface area contributed by atoms with Crippen molar-refractivity contribution in [1.29, 1.82) is 0 Å². The first-order valence-corrected chi connectivity index (χ1v) is 20.9. The summed E-state index contributed by atoms with van der Waals surface area (Å²) in [7, 11) is 0. The van der Waals surface area contributed by atoms with Gasteiger partial charge < -0.3 is 35.9 Å². The number of nitrogens with two attached hydrogens (primary N) is 1. The van der Waals surface area contributed by atoms with Crippen molar-refractivity contribution in [3.8, 4) is 11.1 Å². The van der Waals surface area contributed by atoms with Crippen LogP contribution < -0.4 is 21.7 Å². The van der Waals surface area contributed by atoms with Gasteiger partial charge in [0.1, 0.15) is 17.4 Å². The Morgan fingerprint density at radius 3 is 2.46 bits per heavy atom. The molecule has 3 amide bonds. The van der Waals surface area contributed by atoms with Crippen molar-refractivity contribution >= 4 is 35.3 Å². The van der Waals surface area contributed by atoms with E-state index in [2.05, 4.69) is 41.3 Å². The molecule has 0 saturated carbocycles. The molecule has 13 heteroatoms. The summed E-state index contributed by atoms with van der Waals surface area (Å²) in [5, 5.41) is 9.08. The number of nitrogens with zero attached hydrogens (tertiary/aromatic N) is 2. The van der Waals surface area contributed by atoms with Crippen LogP contribution in [0.5, 0.6) is 0 Å². The maximum Gasteiger partial charge on any atom is 0.233 e. The summed E-state index contributed by atoms with van der Waals surface area (Å²) in [6.45, 7) is 11.5. The van der Waals surface area contributed by atoms with Crippen LogP contribution in [0.2, 0.25) is 0 Å². The molecule has 2 heterocycles. The molecule has 1 fully saturated rings. The third-order valence-electron chi connectivity index (χ3n) is 10.1. The van der Waals surface area contributed by atoms with Crippen molar-refractivity contribution in [2.45, 2.75) is 78.8 Å². The molecular formula is C43H60F2N6O4S. The van der Waals surface area contributed by atoms with Crippen molar-refractivity contribution in [2.75, 3.05) is 50.8 Å². The predicted molar refractivity (Wildman–Crippen MR) is 220 cm³/mol. The molecule has 0 radical (unpaired) electrons. The second-order valence-corrected chi connectivity index (χ2v) is 17.0. The Bertz CT molecular complexity index is 1740. The molecule has 1 unspecified atom stereocenters. The summed E-state index contributed by atoms with van der Waals surface area (Å²) < 4.78 is 31.6. The van der Waals surface area contributed by atoms with Gasteiger partial charge in [0, 0.05) is 73.7 Å². The van der Waals surface area contributed by atoms with E-state index in [4.69, 9.17) is 5.73 Å². The van der Waals surface area contributed by atoms with Gasteiger partial charge in [0.05, 0.1) is 11.8 Å². The number of amides is 3. The molecule has 3 aromatic rings. The lowest BCUT2D eigenvalue weighted by Crippen LogP contribution is -2.45. The van der Waals surface area contributed by atoms with Crippen molar-refractivity contribution < 1.29 is 28.0 Å². The minimum Gasteiger partial charge on any atom is -0.354 e. The summed E-state index contributed by atoms with van der Waals surface area (Å²) in [4.78, 5) is 53.3. The molecular weight excluding hydrogens is 735 g/mol. The van der Waals surface area contributed by atoms with E-state index >= 15 is 4.39 Å². The Morgan fingerprint density at radius 1 is 1.04 bits per heavy atom. The standard InChI is InChI=1S/C43H60F2N6O4S/c1-30(52)22-33(12-8-9-17-46)42(55)49-20-19-48-39(53)16-21-56-29-40(54)51(27-32-15-18-47-25-32)41(43(2,3)4)38-23-34(36-24-35(44)13-14-37(36)45)28-50(38)26-31-10-6-5-7-11-31/h5-7,10-11,13-14,23-24,28,32-33,41,47H,8-9,12,15-22,25-27,29,46H2,1-4H3,(H,48,53)(H,49,55)/t32?,33-,41+/m1/s1. The Labute approximate surface area is 335 Å². The second-order valence-electron chi connectivity index (χ2n) is 15.9. The molecule has 2 aromatic carbocycles. The van der Waals surface area contributed by atoms with E-state index in [0.29, 0.717) is 37.4 Å². The summed E-state index contributed by atoms with van der Waals surface area (Å²) in [6.07, 6.45) is 5.32. The van der Waals surface area contributed by atoms with Crippen molar-refractivity contribution in [3.63, 3.8) is 0 Å². The summed E-state index contributed by atoms with van der Waals surface area (Å²) in [5.41, 5.74) is 7.70. The average Bonchev–Trinajstić information content (AvgIpc) is 3.82. The highest BCUT2D eigenvalue weighted by atomic mass is 32.2. The molecule has 306 valence electrons. The third kappa shape index (κ3) is 13.8. The van der Waals surface area contributed by atoms with E-state index in [1.165, 1.54) is 24.8 Å². The van der Waals surface area contributed by atoms with Crippen molar-refractivity contribution in [2.24, 2.45) is 23.0 Å². The highest BCUT2D eigenvalue weighted by molar-refractivity contribution is 7.99. The van der Waals surface area contributed by atoms with E-state index in [0.717, 1.165) is 55.7 Å². The van der Waals surface area contributed by atoms with Gasteiger partial charge in [-0.25, -0.2) is 8.78 Å². The van der Waals surface area contributed by atoms with Gasteiger partial charge >= 0.3 is 0 Å².